The van der Waals surface area contributed by atoms with Crippen molar-refractivity contribution in [3.63, 3.8) is 0 Å². The third-order valence-corrected chi connectivity index (χ3v) is 4.05. The van der Waals surface area contributed by atoms with Gasteiger partial charge in [-0.05, 0) is 42.8 Å². The van der Waals surface area contributed by atoms with Crippen LogP contribution in [0, 0.1) is 6.92 Å². The van der Waals surface area contributed by atoms with Gasteiger partial charge in [-0.2, -0.15) is 0 Å². The van der Waals surface area contributed by atoms with Crippen molar-refractivity contribution in [1.82, 2.24) is 0 Å². The lowest BCUT2D eigenvalue weighted by Gasteiger charge is -2.15. The SMILES string of the molecule is COc1cc(Cc2ccc(C)o2)c(NC(=O)c2ccccc2)cc1OC. The average molecular weight is 351 g/mol. The third kappa shape index (κ3) is 3.88. The summed E-state index contributed by atoms with van der Waals surface area (Å²) in [5.74, 6) is 2.62. The number of hydrogen-bond acceptors (Lipinski definition) is 4. The first-order valence-electron chi connectivity index (χ1n) is 8.27. The van der Waals surface area contributed by atoms with Crippen molar-refractivity contribution in [2.75, 3.05) is 19.5 Å². The van der Waals surface area contributed by atoms with Gasteiger partial charge in [0.25, 0.3) is 5.91 Å². The molecule has 0 spiro atoms. The van der Waals surface area contributed by atoms with E-state index in [1.54, 1.807) is 32.4 Å². The molecule has 3 rings (SSSR count). The van der Waals surface area contributed by atoms with Gasteiger partial charge in [0.1, 0.15) is 11.5 Å². The summed E-state index contributed by atoms with van der Waals surface area (Å²) in [6.45, 7) is 1.90. The van der Waals surface area contributed by atoms with E-state index in [-0.39, 0.29) is 5.91 Å². The molecule has 0 aliphatic carbocycles. The molecule has 0 bridgehead atoms. The smallest absolute Gasteiger partial charge is 0.255 e. The zero-order valence-electron chi connectivity index (χ0n) is 15.0. The topological polar surface area (TPSA) is 60.7 Å². The molecule has 2 aromatic carbocycles. The Morgan fingerprint density at radius 2 is 1.69 bits per heavy atom. The number of ether oxygens (including phenoxy) is 2. The molecular formula is C21H21NO4. The highest BCUT2D eigenvalue weighted by Gasteiger charge is 2.15. The van der Waals surface area contributed by atoms with Gasteiger partial charge in [-0.25, -0.2) is 0 Å². The van der Waals surface area contributed by atoms with E-state index < -0.39 is 0 Å². The van der Waals surface area contributed by atoms with Crippen LogP contribution in [0.2, 0.25) is 0 Å². The summed E-state index contributed by atoms with van der Waals surface area (Å²) in [5, 5.41) is 2.96. The molecule has 0 aliphatic rings. The fourth-order valence-corrected chi connectivity index (χ4v) is 2.74. The number of carbonyl (C=O) groups excluding carboxylic acids is 1. The molecule has 0 saturated heterocycles. The van der Waals surface area contributed by atoms with Crippen LogP contribution >= 0.6 is 0 Å². The molecule has 26 heavy (non-hydrogen) atoms. The maximum absolute atomic E-state index is 12.6. The van der Waals surface area contributed by atoms with Crippen LogP contribution in [-0.2, 0) is 6.42 Å². The molecule has 0 saturated carbocycles. The van der Waals surface area contributed by atoms with E-state index in [0.29, 0.717) is 29.2 Å². The summed E-state index contributed by atoms with van der Waals surface area (Å²) in [6, 6.07) is 16.5. The number of hydrogen-bond donors (Lipinski definition) is 1. The van der Waals surface area contributed by atoms with Gasteiger partial charge < -0.3 is 19.2 Å². The van der Waals surface area contributed by atoms with Crippen LogP contribution in [-0.4, -0.2) is 20.1 Å². The Kier molecular flexibility index (Phi) is 5.27. The van der Waals surface area contributed by atoms with Gasteiger partial charge in [0, 0.05) is 23.7 Å². The second-order valence-corrected chi connectivity index (χ2v) is 5.87. The summed E-state index contributed by atoms with van der Waals surface area (Å²) in [6.07, 6.45) is 0.526. The maximum Gasteiger partial charge on any atom is 0.255 e. The van der Waals surface area contributed by atoms with Crippen molar-refractivity contribution in [3.05, 3.63) is 77.2 Å². The molecule has 0 atom stereocenters. The monoisotopic (exact) mass is 351 g/mol. The minimum atomic E-state index is -0.185. The minimum absolute atomic E-state index is 0.185. The quantitative estimate of drug-likeness (QED) is 0.713. The maximum atomic E-state index is 12.6. The number of carbonyl (C=O) groups is 1. The van der Waals surface area contributed by atoms with Gasteiger partial charge in [0.05, 0.1) is 14.2 Å². The van der Waals surface area contributed by atoms with Gasteiger partial charge >= 0.3 is 0 Å². The number of benzene rings is 2. The molecule has 134 valence electrons. The molecular weight excluding hydrogens is 330 g/mol. The molecule has 1 heterocycles. The van der Waals surface area contributed by atoms with Gasteiger partial charge in [-0.3, -0.25) is 4.79 Å². The van der Waals surface area contributed by atoms with E-state index in [1.807, 2.05) is 43.3 Å². The first-order chi connectivity index (χ1) is 12.6. The molecule has 0 aliphatic heterocycles. The molecule has 1 amide bonds. The Labute approximate surface area is 152 Å². The Morgan fingerprint density at radius 1 is 1.00 bits per heavy atom. The van der Waals surface area contributed by atoms with Crippen LogP contribution in [0.3, 0.4) is 0 Å². The lowest BCUT2D eigenvalue weighted by Crippen LogP contribution is -2.13. The van der Waals surface area contributed by atoms with Crippen LogP contribution in [0.15, 0.2) is 59.0 Å². The van der Waals surface area contributed by atoms with Gasteiger partial charge in [0.15, 0.2) is 11.5 Å². The summed E-state index contributed by atoms with van der Waals surface area (Å²) in [5.41, 5.74) is 2.12. The van der Waals surface area contributed by atoms with Crippen LogP contribution in [0.25, 0.3) is 0 Å². The standard InChI is InChI=1S/C21H21NO4/c1-14-9-10-17(26-14)11-16-12-19(24-2)20(25-3)13-18(16)22-21(23)15-7-5-4-6-8-15/h4-10,12-13H,11H2,1-3H3,(H,22,23). The molecule has 5 heteroatoms. The highest BCUT2D eigenvalue weighted by molar-refractivity contribution is 6.04. The largest absolute Gasteiger partial charge is 0.493 e. The molecule has 3 aromatic rings. The van der Waals surface area contributed by atoms with Gasteiger partial charge in [-0.1, -0.05) is 18.2 Å². The Balaban J connectivity index is 1.96. The second-order valence-electron chi connectivity index (χ2n) is 5.87. The number of methoxy groups -OCH3 is 2. The summed E-state index contributed by atoms with van der Waals surface area (Å²) in [4.78, 5) is 12.6. The average Bonchev–Trinajstić information content (AvgIpc) is 3.08. The van der Waals surface area contributed by atoms with Crippen molar-refractivity contribution in [2.24, 2.45) is 0 Å². The van der Waals surface area contributed by atoms with Crippen LogP contribution in [0.5, 0.6) is 11.5 Å². The molecule has 5 nitrogen and oxygen atoms in total. The Hall–Kier alpha value is -3.21. The number of nitrogens with one attached hydrogen (secondary N) is 1. The van der Waals surface area contributed by atoms with Crippen LogP contribution in [0.4, 0.5) is 5.69 Å². The zero-order chi connectivity index (χ0) is 18.5. The fraction of sp³-hybridized carbons (Fsp3) is 0.190. The number of amides is 1. The van der Waals surface area contributed by atoms with E-state index in [4.69, 9.17) is 13.9 Å². The highest BCUT2D eigenvalue weighted by atomic mass is 16.5. The van der Waals surface area contributed by atoms with E-state index in [2.05, 4.69) is 5.32 Å². The normalized spacial score (nSPS) is 10.4. The number of anilines is 1. The van der Waals surface area contributed by atoms with Crippen molar-refractivity contribution >= 4 is 11.6 Å². The van der Waals surface area contributed by atoms with E-state index >= 15 is 0 Å². The Morgan fingerprint density at radius 3 is 2.31 bits per heavy atom. The van der Waals surface area contributed by atoms with Crippen molar-refractivity contribution in [1.29, 1.82) is 0 Å². The lowest BCUT2D eigenvalue weighted by molar-refractivity contribution is 0.102. The Bertz CT molecular complexity index is 900. The summed E-state index contributed by atoms with van der Waals surface area (Å²) in [7, 11) is 3.15. The first kappa shape index (κ1) is 17.6. The lowest BCUT2D eigenvalue weighted by atomic mass is 10.1. The number of rotatable bonds is 6. The summed E-state index contributed by atoms with van der Waals surface area (Å²) < 4.78 is 16.4. The predicted molar refractivity (Wildman–Crippen MR) is 100 cm³/mol. The van der Waals surface area contributed by atoms with E-state index in [1.165, 1.54) is 0 Å². The zero-order valence-corrected chi connectivity index (χ0v) is 15.0. The minimum Gasteiger partial charge on any atom is -0.493 e. The molecule has 0 unspecified atom stereocenters. The van der Waals surface area contributed by atoms with Gasteiger partial charge in [-0.15, -0.1) is 0 Å². The number of furan rings is 1. The molecule has 1 aromatic heterocycles. The van der Waals surface area contributed by atoms with Crippen LogP contribution < -0.4 is 14.8 Å². The fourth-order valence-electron chi connectivity index (χ4n) is 2.74. The van der Waals surface area contributed by atoms with E-state index in [0.717, 1.165) is 17.1 Å². The number of aryl methyl sites for hydroxylation is 1. The first-order valence-corrected chi connectivity index (χ1v) is 8.27. The van der Waals surface area contributed by atoms with Gasteiger partial charge in [0.2, 0.25) is 0 Å². The highest BCUT2D eigenvalue weighted by Crippen LogP contribution is 2.35. The van der Waals surface area contributed by atoms with Crippen molar-refractivity contribution < 1.29 is 18.7 Å². The van der Waals surface area contributed by atoms with Crippen molar-refractivity contribution in [3.8, 4) is 11.5 Å². The predicted octanol–water partition coefficient (Wildman–Crippen LogP) is 4.45. The second kappa shape index (κ2) is 7.78. The van der Waals surface area contributed by atoms with Crippen LogP contribution in [0.1, 0.15) is 27.4 Å². The third-order valence-electron chi connectivity index (χ3n) is 4.05. The van der Waals surface area contributed by atoms with E-state index in [9.17, 15) is 4.79 Å². The summed E-state index contributed by atoms with van der Waals surface area (Å²) >= 11 is 0. The molecule has 1 N–H and O–H groups in total. The molecule has 0 fully saturated rings. The molecule has 0 radical (unpaired) electrons. The van der Waals surface area contributed by atoms with Crippen molar-refractivity contribution in [2.45, 2.75) is 13.3 Å².